The number of benzene rings is 3. The number of carbonyl (C=O) groups excluding carboxylic acids is 1. The highest BCUT2D eigenvalue weighted by atomic mass is 35.5. The number of hydrogen-bond donors (Lipinski definition) is 1. The molecule has 3 aromatic carbocycles. The minimum Gasteiger partial charge on any atom is -0.494 e. The van der Waals surface area contributed by atoms with Crippen LogP contribution in [0.2, 0.25) is 10.0 Å². The van der Waals surface area contributed by atoms with Crippen LogP contribution in [0.25, 0.3) is 0 Å². The Hall–Kier alpha value is -2.58. The van der Waals surface area contributed by atoms with Gasteiger partial charge in [-0.15, -0.1) is 0 Å². The van der Waals surface area contributed by atoms with Gasteiger partial charge in [-0.1, -0.05) is 53.5 Å². The molecule has 1 amide bonds. The summed E-state index contributed by atoms with van der Waals surface area (Å²) in [5, 5.41) is 3.17. The van der Waals surface area contributed by atoms with E-state index in [0.29, 0.717) is 30.4 Å². The van der Waals surface area contributed by atoms with Crippen molar-refractivity contribution in [1.82, 2.24) is 4.31 Å². The first-order valence-electron chi connectivity index (χ1n) is 11.3. The van der Waals surface area contributed by atoms with E-state index in [1.165, 1.54) is 36.9 Å². The molecule has 9 heteroatoms. The highest BCUT2D eigenvalue weighted by molar-refractivity contribution is 7.89. The fourth-order valence-corrected chi connectivity index (χ4v) is 6.36. The number of sulfonamides is 1. The Labute approximate surface area is 215 Å². The summed E-state index contributed by atoms with van der Waals surface area (Å²) in [6.45, 7) is 0.995. The normalized spacial score (nSPS) is 15.1. The second kappa shape index (κ2) is 11.0. The molecule has 1 saturated heterocycles. The summed E-state index contributed by atoms with van der Waals surface area (Å²) in [6.07, 6.45) is 2.62. The zero-order valence-corrected chi connectivity index (χ0v) is 21.5. The Kier molecular flexibility index (Phi) is 8.02. The lowest BCUT2D eigenvalue weighted by atomic mass is 9.91. The van der Waals surface area contributed by atoms with Crippen LogP contribution in [0.4, 0.5) is 5.69 Å². The van der Waals surface area contributed by atoms with Crippen molar-refractivity contribution in [3.63, 3.8) is 0 Å². The lowest BCUT2D eigenvalue weighted by Gasteiger charge is -2.31. The van der Waals surface area contributed by atoms with E-state index in [4.69, 9.17) is 27.9 Å². The van der Waals surface area contributed by atoms with Crippen LogP contribution in [-0.4, -0.2) is 38.8 Å². The molecule has 1 aliphatic heterocycles. The van der Waals surface area contributed by atoms with Crippen LogP contribution in [0.5, 0.6) is 5.75 Å². The first-order valence-corrected chi connectivity index (χ1v) is 13.5. The lowest BCUT2D eigenvalue weighted by molar-refractivity contribution is 0.102. The molecule has 0 unspecified atom stereocenters. The van der Waals surface area contributed by atoms with Gasteiger partial charge in [-0.25, -0.2) is 8.42 Å². The number of methoxy groups -OCH3 is 1. The van der Waals surface area contributed by atoms with E-state index >= 15 is 0 Å². The predicted molar refractivity (Wildman–Crippen MR) is 139 cm³/mol. The Morgan fingerprint density at radius 3 is 2.17 bits per heavy atom. The molecule has 0 aliphatic carbocycles. The first kappa shape index (κ1) is 25.5. The second-order valence-electron chi connectivity index (χ2n) is 8.49. The smallest absolute Gasteiger partial charge is 0.255 e. The van der Waals surface area contributed by atoms with Crippen LogP contribution in [0.1, 0.15) is 28.8 Å². The summed E-state index contributed by atoms with van der Waals surface area (Å²) in [5.41, 5.74) is 2.00. The molecule has 35 heavy (non-hydrogen) atoms. The zero-order valence-electron chi connectivity index (χ0n) is 19.2. The molecule has 3 aromatic rings. The molecule has 0 radical (unpaired) electrons. The predicted octanol–water partition coefficient (Wildman–Crippen LogP) is 5.90. The molecule has 0 atom stereocenters. The van der Waals surface area contributed by atoms with Gasteiger partial charge < -0.3 is 10.1 Å². The van der Waals surface area contributed by atoms with Crippen LogP contribution in [0.15, 0.2) is 71.6 Å². The molecule has 1 aliphatic rings. The Balaban J connectivity index is 1.38. The molecule has 184 valence electrons. The van der Waals surface area contributed by atoms with Crippen molar-refractivity contribution in [2.24, 2.45) is 5.92 Å². The van der Waals surface area contributed by atoms with Crippen molar-refractivity contribution in [2.75, 3.05) is 25.5 Å². The molecule has 4 rings (SSSR count). The van der Waals surface area contributed by atoms with E-state index in [0.717, 1.165) is 19.3 Å². The molecule has 1 fully saturated rings. The quantitative estimate of drug-likeness (QED) is 0.411. The number of hydrogen-bond acceptors (Lipinski definition) is 4. The van der Waals surface area contributed by atoms with E-state index in [-0.39, 0.29) is 20.5 Å². The number of ether oxygens (including phenoxy) is 1. The summed E-state index contributed by atoms with van der Waals surface area (Å²) < 4.78 is 32.9. The highest BCUT2D eigenvalue weighted by Gasteiger charge is 2.29. The van der Waals surface area contributed by atoms with Crippen molar-refractivity contribution in [2.45, 2.75) is 24.2 Å². The van der Waals surface area contributed by atoms with E-state index in [1.54, 1.807) is 16.4 Å². The zero-order chi connectivity index (χ0) is 25.0. The van der Waals surface area contributed by atoms with Crippen LogP contribution in [0, 0.1) is 5.92 Å². The monoisotopic (exact) mass is 532 g/mol. The minimum absolute atomic E-state index is 0.201. The SMILES string of the molecule is COc1c(Cl)cc(C(=O)Nc2ccc(S(=O)(=O)N3CCC(Cc4ccccc4)CC3)cc2)cc1Cl. The molecule has 0 bridgehead atoms. The van der Waals surface area contributed by atoms with Gasteiger partial charge in [0.2, 0.25) is 10.0 Å². The Morgan fingerprint density at radius 2 is 1.60 bits per heavy atom. The van der Waals surface area contributed by atoms with Crippen molar-refractivity contribution >= 4 is 44.8 Å². The van der Waals surface area contributed by atoms with Gasteiger partial charge in [0.25, 0.3) is 5.91 Å². The average molecular weight is 533 g/mol. The molecule has 0 aromatic heterocycles. The number of nitrogens with zero attached hydrogens (tertiary/aromatic N) is 1. The van der Waals surface area contributed by atoms with E-state index in [2.05, 4.69) is 17.4 Å². The van der Waals surface area contributed by atoms with E-state index in [9.17, 15) is 13.2 Å². The number of rotatable bonds is 7. The topological polar surface area (TPSA) is 75.7 Å². The molecular formula is C26H26Cl2N2O4S. The summed E-state index contributed by atoms with van der Waals surface area (Å²) >= 11 is 12.2. The maximum absolute atomic E-state index is 13.1. The first-order chi connectivity index (χ1) is 16.8. The standard InChI is InChI=1S/C26H26Cl2N2O4S/c1-34-25-23(27)16-20(17-24(25)28)26(31)29-21-7-9-22(10-8-21)35(32,33)30-13-11-19(12-14-30)15-18-5-3-2-4-6-18/h2-10,16-17,19H,11-15H2,1H3,(H,29,31). The minimum atomic E-state index is -3.60. The molecular weight excluding hydrogens is 507 g/mol. The van der Waals surface area contributed by atoms with Crippen molar-refractivity contribution in [3.05, 3.63) is 87.9 Å². The fourth-order valence-electron chi connectivity index (χ4n) is 4.25. The second-order valence-corrected chi connectivity index (χ2v) is 11.2. The highest BCUT2D eigenvalue weighted by Crippen LogP contribution is 2.34. The summed E-state index contributed by atoms with van der Waals surface area (Å²) in [5.74, 6) is 0.345. The van der Waals surface area contributed by atoms with E-state index < -0.39 is 15.9 Å². The Bertz CT molecular complexity index is 1270. The van der Waals surface area contributed by atoms with E-state index in [1.807, 2.05) is 18.2 Å². The van der Waals surface area contributed by atoms with Gasteiger partial charge in [0.15, 0.2) is 5.75 Å². The summed E-state index contributed by atoms with van der Waals surface area (Å²) in [4.78, 5) is 12.8. The van der Waals surface area contributed by atoms with Crippen LogP contribution < -0.4 is 10.1 Å². The van der Waals surface area contributed by atoms with Crippen LogP contribution in [-0.2, 0) is 16.4 Å². The number of carbonyl (C=O) groups is 1. The summed E-state index contributed by atoms with van der Waals surface area (Å²) in [7, 11) is -2.16. The van der Waals surface area contributed by atoms with Crippen LogP contribution in [0.3, 0.4) is 0 Å². The third-order valence-corrected chi connectivity index (χ3v) is 8.63. The number of halogens is 2. The third kappa shape index (κ3) is 5.98. The molecule has 6 nitrogen and oxygen atoms in total. The molecule has 0 saturated carbocycles. The van der Waals surface area contributed by atoms with Gasteiger partial charge in [0.05, 0.1) is 22.1 Å². The summed E-state index contributed by atoms with van der Waals surface area (Å²) in [6, 6.07) is 19.4. The maximum Gasteiger partial charge on any atom is 0.255 e. The van der Waals surface area contributed by atoms with Crippen molar-refractivity contribution in [3.8, 4) is 5.75 Å². The molecule has 1 heterocycles. The van der Waals surface area contributed by atoms with Gasteiger partial charge in [-0.2, -0.15) is 4.31 Å². The average Bonchev–Trinajstić information content (AvgIpc) is 2.85. The largest absolute Gasteiger partial charge is 0.494 e. The van der Waals surface area contributed by atoms with Gasteiger partial charge >= 0.3 is 0 Å². The molecule has 1 N–H and O–H groups in total. The van der Waals surface area contributed by atoms with Gasteiger partial charge in [0, 0.05) is 24.3 Å². The lowest BCUT2D eigenvalue weighted by Crippen LogP contribution is -2.38. The van der Waals surface area contributed by atoms with Crippen molar-refractivity contribution in [1.29, 1.82) is 0 Å². The van der Waals surface area contributed by atoms with Crippen molar-refractivity contribution < 1.29 is 17.9 Å². The number of piperidine rings is 1. The number of amides is 1. The van der Waals surface area contributed by atoms with Crippen LogP contribution >= 0.6 is 23.2 Å². The third-order valence-electron chi connectivity index (χ3n) is 6.16. The number of anilines is 1. The maximum atomic E-state index is 13.1. The Morgan fingerprint density at radius 1 is 1.00 bits per heavy atom. The fraction of sp³-hybridized carbons (Fsp3) is 0.269. The van der Waals surface area contributed by atoms with Gasteiger partial charge in [-0.3, -0.25) is 4.79 Å². The van der Waals surface area contributed by atoms with Gasteiger partial charge in [0.1, 0.15) is 0 Å². The van der Waals surface area contributed by atoms with Gasteiger partial charge in [-0.05, 0) is 67.1 Å². The molecule has 0 spiro atoms. The number of nitrogens with one attached hydrogen (secondary N) is 1.